The number of hydrogen-bond acceptors (Lipinski definition) is 4. The van der Waals surface area contributed by atoms with Gasteiger partial charge in [-0.25, -0.2) is 9.18 Å². The number of likely N-dealkylation sites (tertiary alicyclic amines) is 1. The summed E-state index contributed by atoms with van der Waals surface area (Å²) in [6.45, 7) is 10.6. The first-order valence-electron chi connectivity index (χ1n) is 12.8. The summed E-state index contributed by atoms with van der Waals surface area (Å²) in [7, 11) is 0. The molecule has 2 atom stereocenters. The van der Waals surface area contributed by atoms with Gasteiger partial charge in [0, 0.05) is 32.0 Å². The third-order valence-corrected chi connectivity index (χ3v) is 9.59. The largest absolute Gasteiger partial charge is 0.379 e. The molecule has 1 saturated carbocycles. The summed E-state index contributed by atoms with van der Waals surface area (Å²) < 4.78 is 19.0. The maximum Gasteiger partial charge on any atom is 0.325 e. The molecule has 3 heterocycles. The Morgan fingerprint density at radius 3 is 2.23 bits per heavy atom. The van der Waals surface area contributed by atoms with Crippen LogP contribution in [0.3, 0.4) is 0 Å². The summed E-state index contributed by atoms with van der Waals surface area (Å²) >= 11 is 0. The number of nitrogens with one attached hydrogen (secondary N) is 1. The second-order valence-corrected chi connectivity index (χ2v) is 11.9. The number of ether oxygens (including phenoxy) is 1. The number of imide groups is 1. The molecule has 0 radical (unpaired) electrons. The predicted molar refractivity (Wildman–Crippen MR) is 128 cm³/mol. The summed E-state index contributed by atoms with van der Waals surface area (Å²) in [5.41, 5.74) is -0.358. The number of benzene rings is 1. The van der Waals surface area contributed by atoms with Gasteiger partial charge < -0.3 is 15.0 Å². The van der Waals surface area contributed by atoms with Crippen molar-refractivity contribution in [1.82, 2.24) is 15.1 Å². The van der Waals surface area contributed by atoms with Crippen molar-refractivity contribution in [3.8, 4) is 0 Å². The molecule has 3 aliphatic heterocycles. The molecule has 190 valence electrons. The van der Waals surface area contributed by atoms with E-state index in [0.29, 0.717) is 52.0 Å². The number of carbonyl (C=O) groups is 3. The Morgan fingerprint density at radius 2 is 1.69 bits per heavy atom. The van der Waals surface area contributed by atoms with E-state index in [0.717, 1.165) is 5.56 Å². The molecule has 0 spiro atoms. The lowest BCUT2D eigenvalue weighted by Crippen LogP contribution is -2.58. The standard InChI is InChI=1S/C27H36FN3O4/c1-25(2)21(26(25,3)4)22(32)30-12-9-18(10-13-30)27(15-17-5-7-19(28)8-6-17)23(33)31(24(34)29-27)20-11-14-35-16-20/h5-8,18,20-21H,9-16H2,1-4H3,(H,29,34)/t20-,27-/m0/s1. The van der Waals surface area contributed by atoms with Crippen LogP contribution in [0, 0.1) is 28.5 Å². The van der Waals surface area contributed by atoms with E-state index in [2.05, 4.69) is 33.0 Å². The fourth-order valence-electron chi connectivity index (χ4n) is 6.72. The zero-order chi connectivity index (χ0) is 25.2. The molecule has 0 bridgehead atoms. The van der Waals surface area contributed by atoms with Crippen LogP contribution in [0.2, 0.25) is 0 Å². The number of amides is 4. The first-order valence-corrected chi connectivity index (χ1v) is 12.8. The van der Waals surface area contributed by atoms with Gasteiger partial charge in [-0.15, -0.1) is 0 Å². The molecule has 0 unspecified atom stereocenters. The van der Waals surface area contributed by atoms with Crippen LogP contribution < -0.4 is 5.32 Å². The van der Waals surface area contributed by atoms with Crippen molar-refractivity contribution in [2.45, 2.75) is 65.0 Å². The highest BCUT2D eigenvalue weighted by molar-refractivity contribution is 6.07. The van der Waals surface area contributed by atoms with Crippen LogP contribution in [0.15, 0.2) is 24.3 Å². The first-order chi connectivity index (χ1) is 16.5. The topological polar surface area (TPSA) is 79.0 Å². The average molecular weight is 486 g/mol. The van der Waals surface area contributed by atoms with Crippen molar-refractivity contribution < 1.29 is 23.5 Å². The van der Waals surface area contributed by atoms with Gasteiger partial charge in [0.15, 0.2) is 0 Å². The highest BCUT2D eigenvalue weighted by Crippen LogP contribution is 2.68. The van der Waals surface area contributed by atoms with Gasteiger partial charge in [-0.05, 0) is 53.7 Å². The molecule has 35 heavy (non-hydrogen) atoms. The first kappa shape index (κ1) is 24.2. The van der Waals surface area contributed by atoms with E-state index in [1.807, 2.05) is 4.90 Å². The van der Waals surface area contributed by atoms with Crippen molar-refractivity contribution in [1.29, 1.82) is 0 Å². The summed E-state index contributed by atoms with van der Waals surface area (Å²) in [6, 6.07) is 5.47. The molecule has 3 saturated heterocycles. The van der Waals surface area contributed by atoms with Gasteiger partial charge in [-0.1, -0.05) is 39.8 Å². The van der Waals surface area contributed by atoms with E-state index < -0.39 is 5.54 Å². The second kappa shape index (κ2) is 8.29. The van der Waals surface area contributed by atoms with Crippen LogP contribution in [0.1, 0.15) is 52.5 Å². The molecule has 4 amide bonds. The van der Waals surface area contributed by atoms with E-state index in [1.165, 1.54) is 17.0 Å². The molecular weight excluding hydrogens is 449 g/mol. The summed E-state index contributed by atoms with van der Waals surface area (Å²) in [4.78, 5) is 43.6. The third-order valence-electron chi connectivity index (χ3n) is 9.59. The van der Waals surface area contributed by atoms with E-state index in [1.54, 1.807) is 12.1 Å². The van der Waals surface area contributed by atoms with Gasteiger partial charge in [0.25, 0.3) is 5.91 Å². The third kappa shape index (κ3) is 3.76. The number of urea groups is 1. The number of halogens is 1. The molecule has 4 aliphatic rings. The van der Waals surface area contributed by atoms with Crippen LogP contribution >= 0.6 is 0 Å². The minimum atomic E-state index is -1.11. The van der Waals surface area contributed by atoms with Crippen LogP contribution in [-0.4, -0.2) is 65.5 Å². The minimum Gasteiger partial charge on any atom is -0.379 e. The molecule has 1 aliphatic carbocycles. The lowest BCUT2D eigenvalue weighted by molar-refractivity contribution is -0.138. The second-order valence-electron chi connectivity index (χ2n) is 11.9. The van der Waals surface area contributed by atoms with Crippen LogP contribution in [-0.2, 0) is 20.7 Å². The molecule has 1 aromatic carbocycles. The van der Waals surface area contributed by atoms with Crippen molar-refractivity contribution >= 4 is 17.8 Å². The van der Waals surface area contributed by atoms with E-state index in [4.69, 9.17) is 4.74 Å². The smallest absolute Gasteiger partial charge is 0.325 e. The van der Waals surface area contributed by atoms with Gasteiger partial charge in [0.1, 0.15) is 11.4 Å². The summed E-state index contributed by atoms with van der Waals surface area (Å²) in [5, 5.41) is 3.07. The number of piperidine rings is 1. The predicted octanol–water partition coefficient (Wildman–Crippen LogP) is 3.37. The van der Waals surface area contributed by atoms with Crippen LogP contribution in [0.25, 0.3) is 0 Å². The van der Waals surface area contributed by atoms with Gasteiger partial charge in [-0.2, -0.15) is 0 Å². The molecule has 5 rings (SSSR count). The Hall–Kier alpha value is -2.48. The van der Waals surface area contributed by atoms with E-state index in [9.17, 15) is 18.8 Å². The van der Waals surface area contributed by atoms with Crippen LogP contribution in [0.4, 0.5) is 9.18 Å². The molecule has 4 fully saturated rings. The number of nitrogens with zero attached hydrogens (tertiary/aromatic N) is 2. The maximum atomic E-state index is 13.9. The quantitative estimate of drug-likeness (QED) is 0.649. The molecule has 1 aromatic rings. The maximum absolute atomic E-state index is 13.9. The summed E-state index contributed by atoms with van der Waals surface area (Å²) in [5.74, 6) is -0.493. The Balaban J connectivity index is 1.37. The van der Waals surface area contributed by atoms with Crippen molar-refractivity contribution in [3.05, 3.63) is 35.6 Å². The number of carbonyl (C=O) groups excluding carboxylic acids is 3. The summed E-state index contributed by atoms with van der Waals surface area (Å²) in [6.07, 6.45) is 2.18. The van der Waals surface area contributed by atoms with Crippen molar-refractivity contribution in [3.63, 3.8) is 0 Å². The highest BCUT2D eigenvalue weighted by Gasteiger charge is 2.69. The Kier molecular flexibility index (Phi) is 5.74. The number of rotatable bonds is 5. The molecular formula is C27H36FN3O4. The van der Waals surface area contributed by atoms with Gasteiger partial charge in [0.2, 0.25) is 5.91 Å². The lowest BCUT2D eigenvalue weighted by Gasteiger charge is -2.41. The normalized spacial score (nSPS) is 30.6. The van der Waals surface area contributed by atoms with Gasteiger partial charge in [0.05, 0.1) is 12.6 Å². The van der Waals surface area contributed by atoms with Gasteiger partial charge in [-0.3, -0.25) is 14.5 Å². The zero-order valence-electron chi connectivity index (χ0n) is 21.1. The Labute approximate surface area is 206 Å². The SMILES string of the molecule is CC1(C)C(C(=O)N2CCC([C@]3(Cc4ccc(F)cc4)NC(=O)N([C@H]4CCOC4)C3=O)CC2)C1(C)C. The van der Waals surface area contributed by atoms with E-state index in [-0.39, 0.29) is 52.4 Å². The number of hydrogen-bond donors (Lipinski definition) is 1. The fourth-order valence-corrected chi connectivity index (χ4v) is 6.72. The zero-order valence-corrected chi connectivity index (χ0v) is 21.1. The molecule has 8 heteroatoms. The monoisotopic (exact) mass is 485 g/mol. The molecule has 0 aromatic heterocycles. The fraction of sp³-hybridized carbons (Fsp3) is 0.667. The van der Waals surface area contributed by atoms with Crippen LogP contribution in [0.5, 0.6) is 0 Å². The Bertz CT molecular complexity index is 1010. The molecule has 1 N–H and O–H groups in total. The Morgan fingerprint density at radius 1 is 1.06 bits per heavy atom. The lowest BCUT2D eigenvalue weighted by atomic mass is 9.73. The average Bonchev–Trinajstić information content (AvgIpc) is 3.22. The highest BCUT2D eigenvalue weighted by atomic mass is 19.1. The molecule has 7 nitrogen and oxygen atoms in total. The van der Waals surface area contributed by atoms with Crippen molar-refractivity contribution in [2.24, 2.45) is 22.7 Å². The minimum absolute atomic E-state index is 0.00500. The van der Waals surface area contributed by atoms with Crippen molar-refractivity contribution in [2.75, 3.05) is 26.3 Å². The van der Waals surface area contributed by atoms with Gasteiger partial charge >= 0.3 is 6.03 Å². The van der Waals surface area contributed by atoms with E-state index >= 15 is 0 Å².